The molecular weight excluding hydrogens is 210 g/mol. The van der Waals surface area contributed by atoms with Gasteiger partial charge in [-0.05, 0) is 37.2 Å². The molecule has 0 aliphatic carbocycles. The Morgan fingerprint density at radius 1 is 1.20 bits per heavy atom. The van der Waals surface area contributed by atoms with E-state index < -0.39 is 0 Å². The minimum absolute atomic E-state index is 0. The molecule has 0 amide bonds. The van der Waals surface area contributed by atoms with Crippen LogP contribution in [0.1, 0.15) is 12.0 Å². The Morgan fingerprint density at radius 3 is 2.80 bits per heavy atom. The Bertz CT molecular complexity index is 258. The summed E-state index contributed by atoms with van der Waals surface area (Å²) in [5.41, 5.74) is 1.36. The molecule has 1 aliphatic rings. The lowest BCUT2D eigenvalue weighted by atomic mass is 10.2. The maximum absolute atomic E-state index is 4.03. The zero-order valence-corrected chi connectivity index (χ0v) is 9.67. The zero-order chi connectivity index (χ0) is 9.64. The highest BCUT2D eigenvalue weighted by molar-refractivity contribution is 5.85. The van der Waals surface area contributed by atoms with Crippen LogP contribution >= 0.6 is 12.4 Å². The highest BCUT2D eigenvalue weighted by atomic mass is 35.5. The summed E-state index contributed by atoms with van der Waals surface area (Å²) in [6.45, 7) is 5.69. The molecule has 3 nitrogen and oxygen atoms in total. The Hall–Kier alpha value is -0.640. The first-order valence-electron chi connectivity index (χ1n) is 5.27. The minimum atomic E-state index is 0. The second kappa shape index (κ2) is 6.77. The Labute approximate surface area is 97.3 Å². The van der Waals surface area contributed by atoms with Crippen molar-refractivity contribution in [3.05, 3.63) is 30.1 Å². The molecule has 0 bridgehead atoms. The van der Waals surface area contributed by atoms with E-state index in [1.165, 1.54) is 18.5 Å². The molecule has 0 aromatic carbocycles. The summed E-state index contributed by atoms with van der Waals surface area (Å²) < 4.78 is 0. The van der Waals surface area contributed by atoms with Gasteiger partial charge in [-0.1, -0.05) is 0 Å². The molecule has 0 spiro atoms. The van der Waals surface area contributed by atoms with Crippen molar-refractivity contribution in [1.82, 2.24) is 15.2 Å². The predicted octanol–water partition coefficient (Wildman–Crippen LogP) is 1.30. The maximum Gasteiger partial charge on any atom is 0.0271 e. The molecule has 2 rings (SSSR count). The van der Waals surface area contributed by atoms with E-state index in [0.717, 1.165) is 26.2 Å². The van der Waals surface area contributed by atoms with Crippen LogP contribution in [0.15, 0.2) is 24.5 Å². The number of nitrogens with zero attached hydrogens (tertiary/aromatic N) is 2. The van der Waals surface area contributed by atoms with Gasteiger partial charge in [0.2, 0.25) is 0 Å². The lowest BCUT2D eigenvalue weighted by Crippen LogP contribution is -2.27. The molecule has 1 saturated heterocycles. The fourth-order valence-corrected chi connectivity index (χ4v) is 1.81. The first-order valence-corrected chi connectivity index (χ1v) is 5.27. The van der Waals surface area contributed by atoms with Crippen molar-refractivity contribution in [1.29, 1.82) is 0 Å². The Balaban J connectivity index is 0.00000112. The van der Waals surface area contributed by atoms with E-state index in [-0.39, 0.29) is 12.4 Å². The highest BCUT2D eigenvalue weighted by Gasteiger charge is 2.08. The zero-order valence-electron chi connectivity index (χ0n) is 8.85. The molecule has 0 atom stereocenters. The summed E-state index contributed by atoms with van der Waals surface area (Å²) >= 11 is 0. The SMILES string of the molecule is Cl.c1cc(CN2CCCNCC2)ccn1. The average molecular weight is 228 g/mol. The van der Waals surface area contributed by atoms with Crippen molar-refractivity contribution in [3.8, 4) is 0 Å². The molecule has 1 fully saturated rings. The van der Waals surface area contributed by atoms with Crippen molar-refractivity contribution in [2.24, 2.45) is 0 Å². The fraction of sp³-hybridized carbons (Fsp3) is 0.545. The van der Waals surface area contributed by atoms with Gasteiger partial charge in [0.15, 0.2) is 0 Å². The van der Waals surface area contributed by atoms with Crippen LogP contribution in [0.4, 0.5) is 0 Å². The van der Waals surface area contributed by atoms with Crippen molar-refractivity contribution in [3.63, 3.8) is 0 Å². The lowest BCUT2D eigenvalue weighted by Gasteiger charge is -2.18. The number of nitrogens with one attached hydrogen (secondary N) is 1. The molecule has 4 heteroatoms. The lowest BCUT2D eigenvalue weighted by molar-refractivity contribution is 0.284. The number of aromatic nitrogens is 1. The largest absolute Gasteiger partial charge is 0.315 e. The standard InChI is InChI=1S/C11H17N3.ClH/c1-4-12-7-9-14(8-1)10-11-2-5-13-6-3-11;/h2-3,5-6,12H,1,4,7-10H2;1H. The van der Waals surface area contributed by atoms with Crippen LogP contribution in [-0.2, 0) is 6.54 Å². The summed E-state index contributed by atoms with van der Waals surface area (Å²) in [4.78, 5) is 6.52. The summed E-state index contributed by atoms with van der Waals surface area (Å²) in [5, 5.41) is 3.41. The Kier molecular flexibility index (Phi) is 5.61. The van der Waals surface area contributed by atoms with E-state index in [4.69, 9.17) is 0 Å². The normalized spacial score (nSPS) is 17.9. The number of halogens is 1. The summed E-state index contributed by atoms with van der Waals surface area (Å²) in [5.74, 6) is 0. The average Bonchev–Trinajstić information content (AvgIpc) is 2.48. The molecule has 15 heavy (non-hydrogen) atoms. The monoisotopic (exact) mass is 227 g/mol. The molecule has 1 aromatic heterocycles. The van der Waals surface area contributed by atoms with Crippen molar-refractivity contribution in [2.75, 3.05) is 26.2 Å². The third kappa shape index (κ3) is 4.16. The van der Waals surface area contributed by atoms with Gasteiger partial charge in [-0.25, -0.2) is 0 Å². The topological polar surface area (TPSA) is 28.2 Å². The van der Waals surface area contributed by atoms with Crippen LogP contribution < -0.4 is 5.32 Å². The third-order valence-electron chi connectivity index (χ3n) is 2.59. The molecule has 1 aromatic rings. The van der Waals surface area contributed by atoms with Crippen LogP contribution in [0.5, 0.6) is 0 Å². The second-order valence-electron chi connectivity index (χ2n) is 3.74. The first kappa shape index (κ1) is 12.4. The van der Waals surface area contributed by atoms with Crippen LogP contribution in [0.3, 0.4) is 0 Å². The van der Waals surface area contributed by atoms with Crippen molar-refractivity contribution in [2.45, 2.75) is 13.0 Å². The van der Waals surface area contributed by atoms with Gasteiger partial charge in [-0.15, -0.1) is 12.4 Å². The van der Waals surface area contributed by atoms with E-state index in [1.807, 2.05) is 12.4 Å². The van der Waals surface area contributed by atoms with E-state index in [0.29, 0.717) is 0 Å². The van der Waals surface area contributed by atoms with Gasteiger partial charge in [0, 0.05) is 32.0 Å². The summed E-state index contributed by atoms with van der Waals surface area (Å²) in [6, 6.07) is 4.19. The summed E-state index contributed by atoms with van der Waals surface area (Å²) in [6.07, 6.45) is 4.99. The van der Waals surface area contributed by atoms with Gasteiger partial charge < -0.3 is 5.32 Å². The molecule has 2 heterocycles. The molecule has 0 saturated carbocycles. The molecule has 1 N–H and O–H groups in total. The van der Waals surface area contributed by atoms with Crippen LogP contribution in [0.2, 0.25) is 0 Å². The van der Waals surface area contributed by atoms with E-state index in [2.05, 4.69) is 27.3 Å². The van der Waals surface area contributed by atoms with Crippen LogP contribution in [-0.4, -0.2) is 36.1 Å². The maximum atomic E-state index is 4.03. The van der Waals surface area contributed by atoms with Gasteiger partial charge in [0.1, 0.15) is 0 Å². The van der Waals surface area contributed by atoms with Gasteiger partial charge in [-0.3, -0.25) is 9.88 Å². The highest BCUT2D eigenvalue weighted by Crippen LogP contribution is 2.04. The van der Waals surface area contributed by atoms with Gasteiger partial charge in [-0.2, -0.15) is 0 Å². The molecular formula is C11H18ClN3. The molecule has 0 unspecified atom stereocenters. The van der Waals surface area contributed by atoms with Crippen molar-refractivity contribution >= 4 is 12.4 Å². The third-order valence-corrected chi connectivity index (χ3v) is 2.59. The summed E-state index contributed by atoms with van der Waals surface area (Å²) in [7, 11) is 0. The molecule has 84 valence electrons. The number of rotatable bonds is 2. The van der Waals surface area contributed by atoms with E-state index >= 15 is 0 Å². The quantitative estimate of drug-likeness (QED) is 0.826. The Morgan fingerprint density at radius 2 is 2.00 bits per heavy atom. The van der Waals surface area contributed by atoms with E-state index in [9.17, 15) is 0 Å². The van der Waals surface area contributed by atoms with Crippen LogP contribution in [0.25, 0.3) is 0 Å². The molecule has 1 aliphatic heterocycles. The van der Waals surface area contributed by atoms with Gasteiger partial charge in [0.25, 0.3) is 0 Å². The second-order valence-corrected chi connectivity index (χ2v) is 3.74. The smallest absolute Gasteiger partial charge is 0.0271 e. The number of hydrogen-bond donors (Lipinski definition) is 1. The van der Waals surface area contributed by atoms with Crippen molar-refractivity contribution < 1.29 is 0 Å². The van der Waals surface area contributed by atoms with E-state index in [1.54, 1.807) is 0 Å². The van der Waals surface area contributed by atoms with Gasteiger partial charge in [0.05, 0.1) is 0 Å². The number of hydrogen-bond acceptors (Lipinski definition) is 3. The molecule has 0 radical (unpaired) electrons. The minimum Gasteiger partial charge on any atom is -0.315 e. The van der Waals surface area contributed by atoms with Gasteiger partial charge >= 0.3 is 0 Å². The predicted molar refractivity (Wildman–Crippen MR) is 64.2 cm³/mol. The van der Waals surface area contributed by atoms with Crippen LogP contribution in [0, 0.1) is 0 Å². The number of pyridine rings is 1. The fourth-order valence-electron chi connectivity index (χ4n) is 1.81. The first-order chi connectivity index (χ1) is 6.95.